The lowest BCUT2D eigenvalue weighted by Gasteiger charge is -2.30. The number of amides is 1. The molecule has 0 bridgehead atoms. The van der Waals surface area contributed by atoms with Crippen molar-refractivity contribution in [3.8, 4) is 0 Å². The van der Waals surface area contributed by atoms with E-state index in [9.17, 15) is 9.59 Å². The molecule has 4 atom stereocenters. The van der Waals surface area contributed by atoms with Crippen molar-refractivity contribution in [2.24, 2.45) is 23.5 Å². The zero-order valence-corrected chi connectivity index (χ0v) is 8.23. The standard InChI is InChI=1S/C10H15NO3/c1-5-3-2-4-6-7(5)8(9(11)12)10(13)14-6/h5-8H,2-4H2,1H3,(H2,11,12)/t5-,6-,7+,8+/m0/s1. The van der Waals surface area contributed by atoms with Gasteiger partial charge in [-0.1, -0.05) is 13.3 Å². The minimum Gasteiger partial charge on any atom is -0.461 e. The van der Waals surface area contributed by atoms with Crippen LogP contribution in [0.1, 0.15) is 26.2 Å². The van der Waals surface area contributed by atoms with Crippen LogP contribution in [0.2, 0.25) is 0 Å². The molecule has 1 amide bonds. The second-order valence-corrected chi connectivity index (χ2v) is 4.34. The summed E-state index contributed by atoms with van der Waals surface area (Å²) in [5.74, 6) is -1.26. The summed E-state index contributed by atoms with van der Waals surface area (Å²) in [5.41, 5.74) is 5.22. The van der Waals surface area contributed by atoms with Gasteiger partial charge in [0.2, 0.25) is 5.91 Å². The summed E-state index contributed by atoms with van der Waals surface area (Å²) in [6.07, 6.45) is 2.94. The van der Waals surface area contributed by atoms with E-state index >= 15 is 0 Å². The van der Waals surface area contributed by atoms with E-state index in [1.807, 2.05) is 0 Å². The lowest BCUT2D eigenvalue weighted by atomic mass is 9.73. The predicted molar refractivity (Wildman–Crippen MR) is 49.1 cm³/mol. The number of fused-ring (bicyclic) bond motifs is 1. The van der Waals surface area contributed by atoms with Crippen LogP contribution in [0.5, 0.6) is 0 Å². The average Bonchev–Trinajstić information content (AvgIpc) is 2.42. The van der Waals surface area contributed by atoms with Crippen molar-refractivity contribution in [3.05, 3.63) is 0 Å². The summed E-state index contributed by atoms with van der Waals surface area (Å²) >= 11 is 0. The molecule has 0 aromatic carbocycles. The van der Waals surface area contributed by atoms with Crippen LogP contribution in [0.3, 0.4) is 0 Å². The number of primary amides is 1. The fourth-order valence-electron chi connectivity index (χ4n) is 2.76. The van der Waals surface area contributed by atoms with Crippen LogP contribution in [-0.2, 0) is 14.3 Å². The molecule has 0 aromatic heterocycles. The lowest BCUT2D eigenvalue weighted by molar-refractivity contribution is -0.146. The van der Waals surface area contributed by atoms with Crippen LogP contribution >= 0.6 is 0 Å². The normalized spacial score (nSPS) is 41.6. The number of carbonyl (C=O) groups excluding carboxylic acids is 2. The van der Waals surface area contributed by atoms with Gasteiger partial charge in [0.1, 0.15) is 12.0 Å². The molecule has 1 heterocycles. The summed E-state index contributed by atoms with van der Waals surface area (Å²) in [4.78, 5) is 22.5. The average molecular weight is 197 g/mol. The van der Waals surface area contributed by atoms with E-state index in [-0.39, 0.29) is 12.0 Å². The fraction of sp³-hybridized carbons (Fsp3) is 0.800. The molecule has 14 heavy (non-hydrogen) atoms. The van der Waals surface area contributed by atoms with Crippen LogP contribution in [0, 0.1) is 17.8 Å². The van der Waals surface area contributed by atoms with Gasteiger partial charge in [-0.15, -0.1) is 0 Å². The van der Waals surface area contributed by atoms with E-state index < -0.39 is 17.8 Å². The van der Waals surface area contributed by atoms with Gasteiger partial charge in [-0.2, -0.15) is 0 Å². The van der Waals surface area contributed by atoms with Crippen LogP contribution in [0.15, 0.2) is 0 Å². The van der Waals surface area contributed by atoms with Gasteiger partial charge in [-0.25, -0.2) is 0 Å². The van der Waals surface area contributed by atoms with E-state index in [1.54, 1.807) is 0 Å². The third-order valence-corrected chi connectivity index (χ3v) is 3.45. The molecule has 0 spiro atoms. The quantitative estimate of drug-likeness (QED) is 0.490. The smallest absolute Gasteiger partial charge is 0.319 e. The highest BCUT2D eigenvalue weighted by molar-refractivity contribution is 5.98. The molecule has 0 radical (unpaired) electrons. The molecule has 4 heteroatoms. The molecule has 2 N–H and O–H groups in total. The Hall–Kier alpha value is -1.06. The van der Waals surface area contributed by atoms with Gasteiger partial charge in [0.15, 0.2) is 0 Å². The second kappa shape index (κ2) is 3.26. The topological polar surface area (TPSA) is 69.4 Å². The number of rotatable bonds is 1. The van der Waals surface area contributed by atoms with Gasteiger partial charge in [0.05, 0.1) is 0 Å². The lowest BCUT2D eigenvalue weighted by Crippen LogP contribution is -2.38. The highest BCUT2D eigenvalue weighted by Gasteiger charge is 2.51. The van der Waals surface area contributed by atoms with Crippen molar-refractivity contribution >= 4 is 11.9 Å². The molecule has 2 rings (SSSR count). The third-order valence-electron chi connectivity index (χ3n) is 3.45. The maximum absolute atomic E-state index is 11.4. The van der Waals surface area contributed by atoms with Crippen molar-refractivity contribution in [1.82, 2.24) is 0 Å². The van der Waals surface area contributed by atoms with Crippen LogP contribution in [0.4, 0.5) is 0 Å². The van der Waals surface area contributed by atoms with Gasteiger partial charge in [0, 0.05) is 5.92 Å². The number of ether oxygens (including phenoxy) is 1. The maximum atomic E-state index is 11.4. The monoisotopic (exact) mass is 197 g/mol. The Morgan fingerprint density at radius 2 is 2.21 bits per heavy atom. The molecule has 1 saturated carbocycles. The van der Waals surface area contributed by atoms with E-state index in [0.717, 1.165) is 19.3 Å². The number of nitrogens with two attached hydrogens (primary N) is 1. The first-order chi connectivity index (χ1) is 6.61. The fourth-order valence-corrected chi connectivity index (χ4v) is 2.76. The molecule has 0 aromatic rings. The Labute approximate surface area is 82.8 Å². The predicted octanol–water partition coefficient (Wildman–Crippen LogP) is 0.449. The molecular formula is C10H15NO3. The minimum absolute atomic E-state index is 0.0220. The van der Waals surface area contributed by atoms with Crippen LogP contribution in [0.25, 0.3) is 0 Å². The molecule has 1 saturated heterocycles. The molecule has 0 unspecified atom stereocenters. The van der Waals surface area contributed by atoms with E-state index in [0.29, 0.717) is 5.92 Å². The third kappa shape index (κ3) is 1.29. The first-order valence-corrected chi connectivity index (χ1v) is 5.11. The summed E-state index contributed by atoms with van der Waals surface area (Å²) in [7, 11) is 0. The molecule has 2 fully saturated rings. The Morgan fingerprint density at radius 3 is 2.86 bits per heavy atom. The summed E-state index contributed by atoms with van der Waals surface area (Å²) < 4.78 is 5.17. The molecule has 1 aliphatic heterocycles. The SMILES string of the molecule is C[C@H]1CCC[C@@H]2OC(=O)[C@@H](C(N)=O)[C@@H]21. The van der Waals surface area contributed by atoms with Crippen molar-refractivity contribution in [2.75, 3.05) is 0 Å². The van der Waals surface area contributed by atoms with Crippen molar-refractivity contribution in [3.63, 3.8) is 0 Å². The van der Waals surface area contributed by atoms with Crippen LogP contribution in [-0.4, -0.2) is 18.0 Å². The molecule has 1 aliphatic carbocycles. The zero-order chi connectivity index (χ0) is 10.3. The first kappa shape index (κ1) is 9.49. The highest BCUT2D eigenvalue weighted by atomic mass is 16.6. The molecule has 4 nitrogen and oxygen atoms in total. The molecule has 2 aliphatic rings. The maximum Gasteiger partial charge on any atom is 0.319 e. The van der Waals surface area contributed by atoms with Gasteiger partial charge in [0.25, 0.3) is 0 Å². The molecule has 78 valence electrons. The van der Waals surface area contributed by atoms with Crippen molar-refractivity contribution in [2.45, 2.75) is 32.3 Å². The first-order valence-electron chi connectivity index (χ1n) is 5.11. The summed E-state index contributed by atoms with van der Waals surface area (Å²) in [6.45, 7) is 2.06. The van der Waals surface area contributed by atoms with Crippen molar-refractivity contribution in [1.29, 1.82) is 0 Å². The Balaban J connectivity index is 2.24. The Bertz CT molecular complexity index is 277. The van der Waals surface area contributed by atoms with Crippen molar-refractivity contribution < 1.29 is 14.3 Å². The second-order valence-electron chi connectivity index (χ2n) is 4.34. The van der Waals surface area contributed by atoms with E-state index in [1.165, 1.54) is 0 Å². The number of esters is 1. The largest absolute Gasteiger partial charge is 0.461 e. The summed E-state index contributed by atoms with van der Waals surface area (Å²) in [5, 5.41) is 0. The van der Waals surface area contributed by atoms with Gasteiger partial charge >= 0.3 is 5.97 Å². The van der Waals surface area contributed by atoms with Crippen LogP contribution < -0.4 is 5.73 Å². The van der Waals surface area contributed by atoms with Gasteiger partial charge < -0.3 is 10.5 Å². The Kier molecular flexibility index (Phi) is 2.21. The van der Waals surface area contributed by atoms with Gasteiger partial charge in [-0.3, -0.25) is 9.59 Å². The highest BCUT2D eigenvalue weighted by Crippen LogP contribution is 2.42. The van der Waals surface area contributed by atoms with E-state index in [2.05, 4.69) is 6.92 Å². The number of hydrogen-bond acceptors (Lipinski definition) is 3. The number of hydrogen-bond donors (Lipinski definition) is 1. The van der Waals surface area contributed by atoms with E-state index in [4.69, 9.17) is 10.5 Å². The molecular weight excluding hydrogens is 182 g/mol. The summed E-state index contributed by atoms with van der Waals surface area (Å²) in [6, 6.07) is 0. The number of carbonyl (C=O) groups is 2. The minimum atomic E-state index is -0.699. The van der Waals surface area contributed by atoms with Gasteiger partial charge in [-0.05, 0) is 18.8 Å². The Morgan fingerprint density at radius 1 is 1.50 bits per heavy atom. The zero-order valence-electron chi connectivity index (χ0n) is 8.23.